The van der Waals surface area contributed by atoms with E-state index in [0.29, 0.717) is 5.02 Å². The van der Waals surface area contributed by atoms with Crippen LogP contribution in [0.25, 0.3) is 0 Å². The highest BCUT2D eigenvalue weighted by Crippen LogP contribution is 2.30. The average molecular weight is 271 g/mol. The van der Waals surface area contributed by atoms with E-state index in [0.717, 1.165) is 17.7 Å². The number of hydrogen-bond acceptors (Lipinski definition) is 3. The normalized spacial score (nSPS) is 16.2. The number of benzene rings is 1. The maximum Gasteiger partial charge on any atom is 0.0758 e. The Labute approximate surface area is 115 Å². The molecule has 0 saturated heterocycles. The highest BCUT2D eigenvalue weighted by Gasteiger charge is 2.23. The molecule has 1 unspecified atom stereocenters. The molecule has 4 heteroatoms. The van der Waals surface area contributed by atoms with E-state index in [-0.39, 0.29) is 5.92 Å². The first kappa shape index (κ1) is 15.3. The van der Waals surface area contributed by atoms with E-state index in [2.05, 4.69) is 0 Å². The Morgan fingerprint density at radius 2 is 2.00 bits per heavy atom. The second kappa shape index (κ2) is 6.41. The first-order chi connectivity index (χ1) is 8.38. The van der Waals surface area contributed by atoms with Crippen LogP contribution in [-0.4, -0.2) is 25.3 Å². The third-order valence-corrected chi connectivity index (χ3v) is 3.78. The molecule has 0 aliphatic rings. The van der Waals surface area contributed by atoms with Crippen LogP contribution in [0, 0.1) is 5.92 Å². The van der Waals surface area contributed by atoms with E-state index in [1.807, 2.05) is 51.0 Å². The second-order valence-electron chi connectivity index (χ2n) is 5.00. The van der Waals surface area contributed by atoms with Crippen LogP contribution >= 0.6 is 11.6 Å². The lowest BCUT2D eigenvalue weighted by Gasteiger charge is -2.25. The third-order valence-electron chi connectivity index (χ3n) is 3.45. The highest BCUT2D eigenvalue weighted by molar-refractivity contribution is 6.31. The highest BCUT2D eigenvalue weighted by atomic mass is 35.5. The minimum atomic E-state index is -0.572. The topological polar surface area (TPSA) is 49.5 Å². The summed E-state index contributed by atoms with van der Waals surface area (Å²) in [5, 5.41) is 10.8. The van der Waals surface area contributed by atoms with Gasteiger partial charge in [-0.2, -0.15) is 0 Å². The van der Waals surface area contributed by atoms with Crippen molar-refractivity contribution in [1.29, 1.82) is 0 Å². The van der Waals surface area contributed by atoms with Gasteiger partial charge in [0.2, 0.25) is 0 Å². The van der Waals surface area contributed by atoms with Gasteiger partial charge in [-0.05, 0) is 23.6 Å². The first-order valence-electron chi connectivity index (χ1n) is 6.28. The summed E-state index contributed by atoms with van der Waals surface area (Å²) in [4.78, 5) is 1.98. The summed E-state index contributed by atoms with van der Waals surface area (Å²) in [5.74, 6) is 0.157. The molecule has 0 amide bonds. The maximum atomic E-state index is 10.1. The van der Waals surface area contributed by atoms with Crippen molar-refractivity contribution in [1.82, 2.24) is 0 Å². The van der Waals surface area contributed by atoms with Gasteiger partial charge in [-0.1, -0.05) is 37.9 Å². The molecule has 1 rings (SSSR count). The molecule has 0 aliphatic carbocycles. The number of hydrogen-bond donors (Lipinski definition) is 2. The fraction of sp³-hybridized carbons (Fsp3) is 0.571. The van der Waals surface area contributed by atoms with Crippen molar-refractivity contribution < 1.29 is 5.11 Å². The van der Waals surface area contributed by atoms with E-state index < -0.39 is 12.1 Å². The molecule has 3 atom stereocenters. The monoisotopic (exact) mass is 270 g/mol. The number of aliphatic hydroxyl groups excluding tert-OH is 1. The molecule has 1 aromatic rings. The zero-order valence-corrected chi connectivity index (χ0v) is 12.3. The molecule has 0 heterocycles. The summed E-state index contributed by atoms with van der Waals surface area (Å²) in [6.45, 7) is 4.03. The Kier molecular flexibility index (Phi) is 5.45. The van der Waals surface area contributed by atoms with Crippen LogP contribution in [0.15, 0.2) is 18.2 Å². The van der Waals surface area contributed by atoms with Crippen molar-refractivity contribution in [3.8, 4) is 0 Å². The molecule has 102 valence electrons. The van der Waals surface area contributed by atoms with Gasteiger partial charge in [0.05, 0.1) is 12.1 Å². The predicted octanol–water partition coefficient (Wildman–Crippen LogP) is 2.81. The van der Waals surface area contributed by atoms with Gasteiger partial charge in [0.15, 0.2) is 0 Å². The summed E-state index contributed by atoms with van der Waals surface area (Å²) in [7, 11) is 3.92. The van der Waals surface area contributed by atoms with Crippen LogP contribution in [0.5, 0.6) is 0 Å². The van der Waals surface area contributed by atoms with Gasteiger partial charge < -0.3 is 15.7 Å². The largest absolute Gasteiger partial charge is 0.391 e. The minimum Gasteiger partial charge on any atom is -0.391 e. The van der Waals surface area contributed by atoms with Crippen LogP contribution in [-0.2, 0) is 0 Å². The number of anilines is 1. The zero-order valence-electron chi connectivity index (χ0n) is 11.5. The molecular formula is C14H23ClN2O. The minimum absolute atomic E-state index is 0.157. The quantitative estimate of drug-likeness (QED) is 0.865. The van der Waals surface area contributed by atoms with E-state index >= 15 is 0 Å². The van der Waals surface area contributed by atoms with E-state index in [1.54, 1.807) is 0 Å². The predicted molar refractivity (Wildman–Crippen MR) is 78.2 cm³/mol. The second-order valence-corrected chi connectivity index (χ2v) is 5.41. The van der Waals surface area contributed by atoms with E-state index in [9.17, 15) is 5.11 Å². The molecule has 0 aliphatic heterocycles. The van der Waals surface area contributed by atoms with Crippen LogP contribution in [0.2, 0.25) is 5.02 Å². The van der Waals surface area contributed by atoms with Crippen LogP contribution in [0.3, 0.4) is 0 Å². The number of halogens is 1. The first-order valence-corrected chi connectivity index (χ1v) is 6.66. The molecule has 3 nitrogen and oxygen atoms in total. The molecule has 0 fully saturated rings. The molecule has 3 N–H and O–H groups in total. The van der Waals surface area contributed by atoms with Crippen molar-refractivity contribution in [2.75, 3.05) is 19.0 Å². The molecule has 0 bridgehead atoms. The molecule has 0 aromatic heterocycles. The van der Waals surface area contributed by atoms with Gasteiger partial charge >= 0.3 is 0 Å². The number of nitrogens with two attached hydrogens (primary N) is 1. The fourth-order valence-corrected chi connectivity index (χ4v) is 2.14. The van der Waals surface area contributed by atoms with Gasteiger partial charge in [-0.3, -0.25) is 0 Å². The Balaban J connectivity index is 2.96. The van der Waals surface area contributed by atoms with Crippen LogP contribution in [0.4, 0.5) is 5.69 Å². The van der Waals surface area contributed by atoms with Gasteiger partial charge in [0.1, 0.15) is 0 Å². The lowest BCUT2D eigenvalue weighted by atomic mass is 9.91. The molecular weight excluding hydrogens is 248 g/mol. The third kappa shape index (κ3) is 3.37. The van der Waals surface area contributed by atoms with E-state index in [1.165, 1.54) is 0 Å². The summed E-state index contributed by atoms with van der Waals surface area (Å²) >= 11 is 6.24. The Bertz CT molecular complexity index is 395. The van der Waals surface area contributed by atoms with Gasteiger partial charge in [0.25, 0.3) is 0 Å². The summed E-state index contributed by atoms with van der Waals surface area (Å²) in [6.07, 6.45) is 0.320. The fourth-order valence-electron chi connectivity index (χ4n) is 1.84. The summed E-state index contributed by atoms with van der Waals surface area (Å²) < 4.78 is 0. The number of rotatable bonds is 5. The Hall–Kier alpha value is -0.770. The van der Waals surface area contributed by atoms with Crippen molar-refractivity contribution >= 4 is 17.3 Å². The van der Waals surface area contributed by atoms with Crippen molar-refractivity contribution in [2.24, 2.45) is 11.7 Å². The zero-order chi connectivity index (χ0) is 13.9. The van der Waals surface area contributed by atoms with Gasteiger partial charge in [-0.15, -0.1) is 0 Å². The van der Waals surface area contributed by atoms with Crippen molar-refractivity contribution in [3.63, 3.8) is 0 Å². The van der Waals surface area contributed by atoms with Crippen LogP contribution in [0.1, 0.15) is 31.9 Å². The SMILES string of the molecule is CCC(C)[C@H](O)[C@H](N)c1ccc(N(C)C)cc1Cl. The standard InChI is InChI=1S/C14H23ClN2O/c1-5-9(2)14(18)13(16)11-7-6-10(17(3)4)8-12(11)15/h6-9,13-14,18H,5,16H2,1-4H3/t9?,13-,14+/m1/s1. The molecule has 18 heavy (non-hydrogen) atoms. The number of nitrogens with zero attached hydrogens (tertiary/aromatic N) is 1. The molecule has 0 radical (unpaired) electrons. The van der Waals surface area contributed by atoms with Gasteiger partial charge in [0, 0.05) is 24.8 Å². The van der Waals surface area contributed by atoms with Crippen LogP contribution < -0.4 is 10.6 Å². The lowest BCUT2D eigenvalue weighted by Crippen LogP contribution is -2.31. The summed E-state index contributed by atoms with van der Waals surface area (Å²) in [5.41, 5.74) is 7.92. The van der Waals surface area contributed by atoms with Gasteiger partial charge in [-0.25, -0.2) is 0 Å². The van der Waals surface area contributed by atoms with E-state index in [4.69, 9.17) is 17.3 Å². The van der Waals surface area contributed by atoms with Crippen molar-refractivity contribution in [2.45, 2.75) is 32.4 Å². The maximum absolute atomic E-state index is 10.1. The smallest absolute Gasteiger partial charge is 0.0758 e. The Morgan fingerprint density at radius 1 is 1.39 bits per heavy atom. The lowest BCUT2D eigenvalue weighted by molar-refractivity contribution is 0.0880. The number of aliphatic hydroxyl groups is 1. The molecule has 1 aromatic carbocycles. The molecule has 0 saturated carbocycles. The summed E-state index contributed by atoms with van der Waals surface area (Å²) in [6, 6.07) is 5.29. The Morgan fingerprint density at radius 3 is 2.44 bits per heavy atom. The van der Waals surface area contributed by atoms with Crippen molar-refractivity contribution in [3.05, 3.63) is 28.8 Å². The molecule has 0 spiro atoms. The average Bonchev–Trinajstić information content (AvgIpc) is 2.35.